The number of pyridine rings is 1. The van der Waals surface area contributed by atoms with E-state index < -0.39 is 13.7 Å². The van der Waals surface area contributed by atoms with E-state index in [-0.39, 0.29) is 11.5 Å². The number of aromatic nitrogens is 1. The van der Waals surface area contributed by atoms with Crippen molar-refractivity contribution in [3.63, 3.8) is 0 Å². The summed E-state index contributed by atoms with van der Waals surface area (Å²) in [6.45, 7) is 8.37. The molecule has 0 saturated heterocycles. The van der Waals surface area contributed by atoms with E-state index in [1.54, 1.807) is 10.6 Å². The molecule has 1 aromatic heterocycles. The zero-order valence-corrected chi connectivity index (χ0v) is 15.4. The topological polar surface area (TPSA) is 51.1 Å². The first-order valence-electron chi connectivity index (χ1n) is 8.36. The van der Waals surface area contributed by atoms with Gasteiger partial charge in [0.1, 0.15) is 19.4 Å². The van der Waals surface area contributed by atoms with E-state index in [1.807, 2.05) is 6.92 Å². The molecule has 1 fully saturated rings. The van der Waals surface area contributed by atoms with Gasteiger partial charge in [-0.25, -0.2) is 0 Å². The van der Waals surface area contributed by atoms with Gasteiger partial charge in [0.05, 0.1) is 5.56 Å². The van der Waals surface area contributed by atoms with Crippen LogP contribution in [0.15, 0.2) is 10.9 Å². The quantitative estimate of drug-likeness (QED) is 0.588. The minimum absolute atomic E-state index is 0.114. The van der Waals surface area contributed by atoms with Crippen LogP contribution in [-0.4, -0.2) is 18.5 Å². The Labute approximate surface area is 138 Å². The Morgan fingerprint density at radius 2 is 1.83 bits per heavy atom. The van der Waals surface area contributed by atoms with Gasteiger partial charge in [0.25, 0.3) is 11.5 Å². The molecule has 0 bridgehead atoms. The van der Waals surface area contributed by atoms with E-state index in [0.29, 0.717) is 11.3 Å². The Hall–Kier alpha value is -1.80. The summed E-state index contributed by atoms with van der Waals surface area (Å²) in [6.07, 6.45) is 4.90. The van der Waals surface area contributed by atoms with Crippen LogP contribution in [0.2, 0.25) is 19.6 Å². The van der Waals surface area contributed by atoms with Gasteiger partial charge in [-0.1, -0.05) is 32.0 Å². The molecule has 1 spiro atoms. The smallest absolute Gasteiger partial charge is 0.270 e. The number of fused-ring (bicyclic) bond motifs is 2. The second-order valence-corrected chi connectivity index (χ2v) is 12.5. The van der Waals surface area contributed by atoms with Crippen LogP contribution in [0.4, 0.5) is 0 Å². The number of amides is 1. The molecular formula is C18H24N2O2Si. The number of carbonyl (C=O) groups excluding carboxylic acids is 1. The Morgan fingerprint density at radius 1 is 1.17 bits per heavy atom. The summed E-state index contributed by atoms with van der Waals surface area (Å²) >= 11 is 0. The summed E-state index contributed by atoms with van der Waals surface area (Å²) in [7, 11) is -1.56. The zero-order valence-electron chi connectivity index (χ0n) is 14.4. The number of aryl methyl sites for hydroxylation is 1. The highest BCUT2D eigenvalue weighted by Crippen LogP contribution is 2.36. The molecule has 2 heterocycles. The second kappa shape index (κ2) is 5.38. The van der Waals surface area contributed by atoms with Crippen molar-refractivity contribution in [1.82, 2.24) is 9.88 Å². The minimum atomic E-state index is -1.56. The van der Waals surface area contributed by atoms with Crippen molar-refractivity contribution in [3.8, 4) is 11.5 Å². The van der Waals surface area contributed by atoms with Gasteiger partial charge in [-0.15, -0.1) is 5.54 Å². The summed E-state index contributed by atoms with van der Waals surface area (Å²) in [5.41, 5.74) is 4.52. The highest BCUT2D eigenvalue weighted by Gasteiger charge is 2.45. The lowest BCUT2D eigenvalue weighted by Gasteiger charge is -2.35. The lowest BCUT2D eigenvalue weighted by molar-refractivity contribution is 0.0876. The van der Waals surface area contributed by atoms with Crippen LogP contribution in [0.3, 0.4) is 0 Å². The normalized spacial score (nSPS) is 19.0. The number of hydrogen-bond acceptors (Lipinski definition) is 2. The predicted molar refractivity (Wildman–Crippen MR) is 94.2 cm³/mol. The molecule has 1 aliphatic carbocycles. The fourth-order valence-electron chi connectivity index (χ4n) is 3.59. The largest absolute Gasteiger partial charge is 0.327 e. The fourth-order valence-corrected chi connectivity index (χ4v) is 4.10. The molecule has 5 heteroatoms. The van der Waals surface area contributed by atoms with Crippen LogP contribution in [0.1, 0.15) is 53.7 Å². The molecule has 122 valence electrons. The predicted octanol–water partition coefficient (Wildman–Crippen LogP) is 2.75. The van der Waals surface area contributed by atoms with Crippen LogP contribution < -0.4 is 10.9 Å². The van der Waals surface area contributed by atoms with Crippen molar-refractivity contribution in [2.45, 2.75) is 64.3 Å². The van der Waals surface area contributed by atoms with Crippen LogP contribution >= 0.6 is 0 Å². The van der Waals surface area contributed by atoms with Gasteiger partial charge in [0, 0.05) is 0 Å². The number of nitrogens with one attached hydrogen (secondary N) is 1. The van der Waals surface area contributed by atoms with E-state index in [0.717, 1.165) is 37.7 Å². The van der Waals surface area contributed by atoms with Gasteiger partial charge >= 0.3 is 0 Å². The van der Waals surface area contributed by atoms with Crippen molar-refractivity contribution in [1.29, 1.82) is 0 Å². The van der Waals surface area contributed by atoms with Gasteiger partial charge in [-0.3, -0.25) is 14.2 Å². The molecular weight excluding hydrogens is 304 g/mol. The summed E-state index contributed by atoms with van der Waals surface area (Å²) in [6, 6.07) is 1.78. The molecule has 1 amide bonds. The first kappa shape index (κ1) is 16.1. The molecule has 1 saturated carbocycles. The SMILES string of the molecule is Cc1cc(C#C[Si](C)(C)C)c(=O)n2c1C(=O)NC21CCCCC1. The van der Waals surface area contributed by atoms with Gasteiger partial charge in [0.2, 0.25) is 0 Å². The summed E-state index contributed by atoms with van der Waals surface area (Å²) in [5, 5.41) is 3.10. The maximum absolute atomic E-state index is 13.0. The Bertz CT molecular complexity index is 784. The Balaban J connectivity index is 2.21. The van der Waals surface area contributed by atoms with Gasteiger partial charge < -0.3 is 5.32 Å². The van der Waals surface area contributed by atoms with E-state index in [1.165, 1.54) is 0 Å². The van der Waals surface area contributed by atoms with Crippen LogP contribution in [0, 0.1) is 18.4 Å². The zero-order chi connectivity index (χ0) is 16.8. The number of carbonyl (C=O) groups is 1. The maximum Gasteiger partial charge on any atom is 0.270 e. The number of hydrogen-bond donors (Lipinski definition) is 1. The van der Waals surface area contributed by atoms with Crippen LogP contribution in [0.5, 0.6) is 0 Å². The minimum Gasteiger partial charge on any atom is -0.327 e. The Kier molecular flexibility index (Phi) is 3.76. The molecule has 23 heavy (non-hydrogen) atoms. The molecule has 2 aliphatic rings. The molecule has 0 radical (unpaired) electrons. The molecule has 3 rings (SSSR count). The van der Waals surface area contributed by atoms with E-state index in [9.17, 15) is 9.59 Å². The summed E-state index contributed by atoms with van der Waals surface area (Å²) in [5.74, 6) is 2.98. The third kappa shape index (κ3) is 2.76. The summed E-state index contributed by atoms with van der Waals surface area (Å²) in [4.78, 5) is 25.5. The fraction of sp³-hybridized carbons (Fsp3) is 0.556. The lowest BCUT2D eigenvalue weighted by Crippen LogP contribution is -2.49. The molecule has 0 atom stereocenters. The van der Waals surface area contributed by atoms with Crippen molar-refractivity contribution in [3.05, 3.63) is 33.2 Å². The number of nitrogens with zero attached hydrogens (tertiary/aromatic N) is 1. The summed E-state index contributed by atoms with van der Waals surface area (Å²) < 4.78 is 1.72. The second-order valence-electron chi connectivity index (χ2n) is 7.78. The first-order chi connectivity index (χ1) is 10.7. The molecule has 1 aromatic rings. The molecule has 1 N–H and O–H groups in total. The lowest BCUT2D eigenvalue weighted by atomic mass is 9.89. The number of rotatable bonds is 0. The van der Waals surface area contributed by atoms with E-state index >= 15 is 0 Å². The van der Waals surface area contributed by atoms with Crippen LogP contribution in [0.25, 0.3) is 0 Å². The third-order valence-electron chi connectivity index (χ3n) is 4.63. The highest BCUT2D eigenvalue weighted by atomic mass is 28.3. The van der Waals surface area contributed by atoms with Crippen molar-refractivity contribution >= 4 is 14.0 Å². The Morgan fingerprint density at radius 3 is 2.43 bits per heavy atom. The van der Waals surface area contributed by atoms with Crippen molar-refractivity contribution < 1.29 is 4.79 Å². The van der Waals surface area contributed by atoms with Crippen molar-refractivity contribution in [2.75, 3.05) is 0 Å². The van der Waals surface area contributed by atoms with Gasteiger partial charge in [-0.05, 0) is 44.2 Å². The monoisotopic (exact) mass is 328 g/mol. The molecule has 0 unspecified atom stereocenters. The van der Waals surface area contributed by atoms with Gasteiger partial charge in [0.15, 0.2) is 0 Å². The van der Waals surface area contributed by atoms with Crippen molar-refractivity contribution in [2.24, 2.45) is 0 Å². The van der Waals surface area contributed by atoms with Crippen LogP contribution in [-0.2, 0) is 5.66 Å². The molecule has 4 nitrogen and oxygen atoms in total. The molecule has 1 aliphatic heterocycles. The average molecular weight is 328 g/mol. The highest BCUT2D eigenvalue weighted by molar-refractivity contribution is 6.83. The standard InChI is InChI=1S/C18H24N2O2Si/c1-13-12-14(8-11-23(2,3)4)17(22)20-15(13)16(21)19-18(20)9-6-5-7-10-18/h12H,5-7,9-10H2,1-4H3,(H,19,21). The van der Waals surface area contributed by atoms with Gasteiger partial charge in [-0.2, -0.15) is 0 Å². The molecule has 0 aromatic carbocycles. The van der Waals surface area contributed by atoms with E-state index in [4.69, 9.17) is 0 Å². The maximum atomic E-state index is 13.0. The average Bonchev–Trinajstić information content (AvgIpc) is 2.74. The van der Waals surface area contributed by atoms with E-state index in [2.05, 4.69) is 36.4 Å². The first-order valence-corrected chi connectivity index (χ1v) is 11.9. The third-order valence-corrected chi connectivity index (χ3v) is 5.51.